The summed E-state index contributed by atoms with van der Waals surface area (Å²) < 4.78 is 44.2. The number of imidazole rings is 2. The first-order valence-electron chi connectivity index (χ1n) is 8.58. The lowest BCUT2D eigenvalue weighted by atomic mass is 10.2. The average Bonchev–Trinajstić information content (AvgIpc) is 3.24. The third-order valence-electron chi connectivity index (χ3n) is 4.37. The SMILES string of the molecule is FCCCn1c(-c2cncc(Cn3cncc3F)c2)nc2cc(F)c(I)cc21. The first kappa shape index (κ1) is 18.9. The van der Waals surface area contributed by atoms with Gasteiger partial charge in [0, 0.05) is 30.6 Å². The van der Waals surface area contributed by atoms with Gasteiger partial charge in [-0.1, -0.05) is 0 Å². The molecule has 0 spiro atoms. The minimum atomic E-state index is -0.463. The first-order chi connectivity index (χ1) is 13.6. The Morgan fingerprint density at radius 1 is 1.04 bits per heavy atom. The lowest BCUT2D eigenvalue weighted by molar-refractivity contribution is 0.450. The van der Waals surface area contributed by atoms with Crippen LogP contribution < -0.4 is 0 Å². The maximum atomic E-state index is 14.0. The van der Waals surface area contributed by atoms with E-state index in [1.165, 1.54) is 17.0 Å². The van der Waals surface area contributed by atoms with E-state index in [4.69, 9.17) is 0 Å². The van der Waals surface area contributed by atoms with Crippen LogP contribution in [0.15, 0.2) is 43.1 Å². The van der Waals surface area contributed by atoms with Gasteiger partial charge in [0.2, 0.25) is 5.95 Å². The van der Waals surface area contributed by atoms with Gasteiger partial charge in [0.15, 0.2) is 0 Å². The van der Waals surface area contributed by atoms with Gasteiger partial charge in [-0.15, -0.1) is 0 Å². The molecule has 9 heteroatoms. The van der Waals surface area contributed by atoms with Crippen molar-refractivity contribution in [3.63, 3.8) is 0 Å². The molecule has 0 aliphatic heterocycles. The molecule has 28 heavy (non-hydrogen) atoms. The Kier molecular flexibility index (Phi) is 5.33. The number of aryl methyl sites for hydroxylation is 1. The van der Waals surface area contributed by atoms with Crippen LogP contribution in [-0.2, 0) is 13.1 Å². The van der Waals surface area contributed by atoms with Crippen LogP contribution in [0, 0.1) is 15.3 Å². The number of rotatable bonds is 6. The van der Waals surface area contributed by atoms with Crippen molar-refractivity contribution in [1.82, 2.24) is 24.1 Å². The molecule has 0 aliphatic carbocycles. The van der Waals surface area contributed by atoms with Crippen molar-refractivity contribution >= 4 is 33.6 Å². The standard InChI is InChI=1S/C19H15F3IN5/c20-2-1-3-28-17-6-15(23)14(21)5-16(17)26-19(28)13-4-12(7-24-8-13)10-27-11-25-9-18(27)22/h4-9,11H,1-3,10H2. The Morgan fingerprint density at radius 3 is 2.64 bits per heavy atom. The second-order valence-corrected chi connectivity index (χ2v) is 7.47. The molecule has 0 saturated carbocycles. The largest absolute Gasteiger partial charge is 0.324 e. The van der Waals surface area contributed by atoms with Gasteiger partial charge in [-0.3, -0.25) is 9.37 Å². The number of hydrogen-bond donors (Lipinski definition) is 0. The summed E-state index contributed by atoms with van der Waals surface area (Å²) >= 11 is 1.92. The molecule has 4 rings (SSSR count). The monoisotopic (exact) mass is 497 g/mol. The Morgan fingerprint density at radius 2 is 1.89 bits per heavy atom. The second-order valence-electron chi connectivity index (χ2n) is 6.31. The van der Waals surface area contributed by atoms with E-state index < -0.39 is 12.6 Å². The number of nitrogens with zero attached hydrogens (tertiary/aromatic N) is 5. The first-order valence-corrected chi connectivity index (χ1v) is 9.66. The molecule has 0 amide bonds. The van der Waals surface area contributed by atoms with Crippen molar-refractivity contribution < 1.29 is 13.2 Å². The molecular formula is C19H15F3IN5. The predicted octanol–water partition coefficient (Wildman–Crippen LogP) is 4.59. The van der Waals surface area contributed by atoms with Crippen molar-refractivity contribution in [3.05, 3.63) is 64.0 Å². The zero-order valence-electron chi connectivity index (χ0n) is 14.6. The quantitative estimate of drug-likeness (QED) is 0.367. The van der Waals surface area contributed by atoms with Crippen LogP contribution in [0.5, 0.6) is 0 Å². The fraction of sp³-hybridized carbons (Fsp3) is 0.211. The van der Waals surface area contributed by atoms with E-state index in [2.05, 4.69) is 15.0 Å². The fourth-order valence-electron chi connectivity index (χ4n) is 3.10. The Hall–Kier alpha value is -2.43. The molecule has 0 saturated heterocycles. The van der Waals surface area contributed by atoms with Crippen molar-refractivity contribution in [1.29, 1.82) is 0 Å². The third kappa shape index (κ3) is 3.62. The molecule has 3 heterocycles. The topological polar surface area (TPSA) is 48.5 Å². The Labute approximate surface area is 172 Å². The molecule has 0 fully saturated rings. The van der Waals surface area contributed by atoms with E-state index in [0.717, 1.165) is 17.3 Å². The molecule has 0 N–H and O–H groups in total. The molecule has 144 valence electrons. The van der Waals surface area contributed by atoms with Crippen LogP contribution in [0.4, 0.5) is 13.2 Å². The van der Waals surface area contributed by atoms with Crippen molar-refractivity contribution in [2.75, 3.05) is 6.67 Å². The Bertz CT molecular complexity index is 1140. The number of halogens is 4. The molecule has 0 aliphatic rings. The fourth-order valence-corrected chi connectivity index (χ4v) is 3.55. The van der Waals surface area contributed by atoms with Crippen LogP contribution in [-0.4, -0.2) is 30.8 Å². The van der Waals surface area contributed by atoms with Crippen LogP contribution in [0.2, 0.25) is 0 Å². The normalized spacial score (nSPS) is 11.4. The molecular weight excluding hydrogens is 482 g/mol. The molecule has 5 nitrogen and oxygen atoms in total. The van der Waals surface area contributed by atoms with Gasteiger partial charge in [-0.25, -0.2) is 14.4 Å². The number of aromatic nitrogens is 5. The van der Waals surface area contributed by atoms with E-state index >= 15 is 0 Å². The van der Waals surface area contributed by atoms with Gasteiger partial charge < -0.3 is 9.13 Å². The van der Waals surface area contributed by atoms with E-state index in [9.17, 15) is 13.2 Å². The van der Waals surface area contributed by atoms with Gasteiger partial charge in [-0.05, 0) is 46.7 Å². The smallest absolute Gasteiger partial charge is 0.213 e. The summed E-state index contributed by atoms with van der Waals surface area (Å²) in [6, 6.07) is 4.93. The van der Waals surface area contributed by atoms with Crippen molar-refractivity contribution in [2.45, 2.75) is 19.5 Å². The summed E-state index contributed by atoms with van der Waals surface area (Å²) in [5.74, 6) is -0.215. The van der Waals surface area contributed by atoms with Gasteiger partial charge in [0.05, 0.1) is 40.3 Å². The van der Waals surface area contributed by atoms with Gasteiger partial charge in [-0.2, -0.15) is 4.39 Å². The van der Waals surface area contributed by atoms with E-state index in [-0.39, 0.29) is 12.4 Å². The lowest BCUT2D eigenvalue weighted by Gasteiger charge is -2.10. The molecule has 0 radical (unpaired) electrons. The summed E-state index contributed by atoms with van der Waals surface area (Å²) in [5.41, 5.74) is 2.70. The Balaban J connectivity index is 1.79. The number of hydrogen-bond acceptors (Lipinski definition) is 3. The van der Waals surface area contributed by atoms with Crippen LogP contribution in [0.25, 0.3) is 22.4 Å². The van der Waals surface area contributed by atoms with Crippen LogP contribution in [0.3, 0.4) is 0 Å². The van der Waals surface area contributed by atoms with Gasteiger partial charge in [0.25, 0.3) is 0 Å². The van der Waals surface area contributed by atoms with E-state index in [1.54, 1.807) is 18.5 Å². The summed E-state index contributed by atoms with van der Waals surface area (Å²) in [4.78, 5) is 12.6. The molecule has 4 aromatic rings. The average molecular weight is 497 g/mol. The zero-order chi connectivity index (χ0) is 19.7. The zero-order valence-corrected chi connectivity index (χ0v) is 16.8. The number of fused-ring (bicyclic) bond motifs is 1. The molecule has 0 bridgehead atoms. The van der Waals surface area contributed by atoms with Crippen LogP contribution >= 0.6 is 22.6 Å². The maximum absolute atomic E-state index is 14.0. The molecule has 3 aromatic heterocycles. The number of pyridine rings is 1. The maximum Gasteiger partial charge on any atom is 0.213 e. The highest BCUT2D eigenvalue weighted by atomic mass is 127. The lowest BCUT2D eigenvalue weighted by Crippen LogP contribution is -2.04. The van der Waals surface area contributed by atoms with Crippen LogP contribution in [0.1, 0.15) is 12.0 Å². The number of benzene rings is 1. The minimum absolute atomic E-state index is 0.268. The summed E-state index contributed by atoms with van der Waals surface area (Å²) in [6.45, 7) is 0.212. The minimum Gasteiger partial charge on any atom is -0.324 e. The summed E-state index contributed by atoms with van der Waals surface area (Å²) in [6.07, 6.45) is 6.15. The summed E-state index contributed by atoms with van der Waals surface area (Å²) in [5, 5.41) is 0. The highest BCUT2D eigenvalue weighted by Gasteiger charge is 2.16. The van der Waals surface area contributed by atoms with E-state index in [1.807, 2.05) is 33.2 Å². The highest BCUT2D eigenvalue weighted by Crippen LogP contribution is 2.28. The summed E-state index contributed by atoms with van der Waals surface area (Å²) in [7, 11) is 0. The predicted molar refractivity (Wildman–Crippen MR) is 108 cm³/mol. The highest BCUT2D eigenvalue weighted by molar-refractivity contribution is 14.1. The van der Waals surface area contributed by atoms with Crippen molar-refractivity contribution in [2.24, 2.45) is 0 Å². The third-order valence-corrected chi connectivity index (χ3v) is 5.20. The van der Waals surface area contributed by atoms with Crippen molar-refractivity contribution in [3.8, 4) is 11.4 Å². The second kappa shape index (κ2) is 7.90. The molecule has 0 atom stereocenters. The number of alkyl halides is 1. The van der Waals surface area contributed by atoms with E-state index in [0.29, 0.717) is 33.4 Å². The van der Waals surface area contributed by atoms with Gasteiger partial charge >= 0.3 is 0 Å². The molecule has 1 aromatic carbocycles. The molecule has 0 unspecified atom stereocenters. The van der Waals surface area contributed by atoms with Gasteiger partial charge in [0.1, 0.15) is 11.6 Å².